The first-order chi connectivity index (χ1) is 13.2. The van der Waals surface area contributed by atoms with Gasteiger partial charge in [-0.3, -0.25) is 9.48 Å². The van der Waals surface area contributed by atoms with E-state index in [0.29, 0.717) is 28.5 Å². The predicted octanol–water partition coefficient (Wildman–Crippen LogP) is 5.57. The summed E-state index contributed by atoms with van der Waals surface area (Å²) in [6.45, 7) is 0.596. The second-order valence-electron chi connectivity index (χ2n) is 5.99. The Labute approximate surface area is 166 Å². The van der Waals surface area contributed by atoms with Gasteiger partial charge in [0.15, 0.2) is 0 Å². The van der Waals surface area contributed by atoms with Gasteiger partial charge in [0.2, 0.25) is 0 Å². The third-order valence-corrected chi connectivity index (χ3v) is 5.28. The number of nitrogens with one attached hydrogen (secondary N) is 1. The lowest BCUT2D eigenvalue weighted by atomic mass is 10.2. The van der Waals surface area contributed by atoms with Gasteiger partial charge in [-0.15, -0.1) is 11.3 Å². The van der Waals surface area contributed by atoms with Crippen LogP contribution in [0.15, 0.2) is 78.3 Å². The summed E-state index contributed by atoms with van der Waals surface area (Å²) in [6.07, 6.45) is 1.79. The fourth-order valence-electron chi connectivity index (χ4n) is 2.79. The number of carbonyl (C=O) groups is 1. The third-order valence-electron chi connectivity index (χ3n) is 4.07. The SMILES string of the molecule is O=C(Nc1ccccc1Cl)c1cn(Cc2ccccc2)nc1-c1cccs1. The first-order valence-electron chi connectivity index (χ1n) is 8.42. The van der Waals surface area contributed by atoms with Crippen molar-refractivity contribution < 1.29 is 4.79 Å². The van der Waals surface area contributed by atoms with Crippen LogP contribution in [0.5, 0.6) is 0 Å². The van der Waals surface area contributed by atoms with Crippen molar-refractivity contribution in [2.24, 2.45) is 0 Å². The monoisotopic (exact) mass is 393 g/mol. The Morgan fingerprint density at radius 1 is 1.04 bits per heavy atom. The van der Waals surface area contributed by atoms with Crippen LogP contribution in [0.1, 0.15) is 15.9 Å². The van der Waals surface area contributed by atoms with Gasteiger partial charge < -0.3 is 5.32 Å². The number of carbonyl (C=O) groups excluding carboxylic acids is 1. The highest BCUT2D eigenvalue weighted by atomic mass is 35.5. The van der Waals surface area contributed by atoms with Crippen LogP contribution in [0.4, 0.5) is 5.69 Å². The molecule has 0 aliphatic carbocycles. The molecule has 0 fully saturated rings. The normalized spacial score (nSPS) is 10.7. The maximum atomic E-state index is 12.9. The van der Waals surface area contributed by atoms with Gasteiger partial charge in [-0.05, 0) is 29.1 Å². The molecule has 4 aromatic rings. The van der Waals surface area contributed by atoms with Crippen molar-refractivity contribution in [3.63, 3.8) is 0 Å². The number of benzene rings is 2. The van der Waals surface area contributed by atoms with E-state index in [2.05, 4.69) is 10.4 Å². The van der Waals surface area contributed by atoms with E-state index < -0.39 is 0 Å². The summed E-state index contributed by atoms with van der Waals surface area (Å²) in [6, 6.07) is 21.1. The number of anilines is 1. The van der Waals surface area contributed by atoms with E-state index in [1.54, 1.807) is 34.3 Å². The van der Waals surface area contributed by atoms with Crippen molar-refractivity contribution in [2.75, 3.05) is 5.32 Å². The molecule has 1 N–H and O–H groups in total. The molecule has 2 aromatic carbocycles. The van der Waals surface area contributed by atoms with Crippen molar-refractivity contribution in [3.05, 3.63) is 94.5 Å². The number of hydrogen-bond donors (Lipinski definition) is 1. The molecule has 0 radical (unpaired) electrons. The highest BCUT2D eigenvalue weighted by Gasteiger charge is 2.19. The maximum Gasteiger partial charge on any atom is 0.259 e. The van der Waals surface area contributed by atoms with Crippen LogP contribution in [0.3, 0.4) is 0 Å². The fraction of sp³-hybridized carbons (Fsp3) is 0.0476. The topological polar surface area (TPSA) is 46.9 Å². The lowest BCUT2D eigenvalue weighted by Crippen LogP contribution is -2.12. The Balaban J connectivity index is 1.68. The van der Waals surface area contributed by atoms with Crippen molar-refractivity contribution in [2.45, 2.75) is 6.54 Å². The largest absolute Gasteiger partial charge is 0.321 e. The fourth-order valence-corrected chi connectivity index (χ4v) is 3.69. The molecule has 2 aromatic heterocycles. The van der Waals surface area contributed by atoms with Crippen LogP contribution >= 0.6 is 22.9 Å². The van der Waals surface area contributed by atoms with Gasteiger partial charge in [-0.25, -0.2) is 0 Å². The van der Waals surface area contributed by atoms with Crippen molar-refractivity contribution in [1.82, 2.24) is 9.78 Å². The molecule has 0 atom stereocenters. The summed E-state index contributed by atoms with van der Waals surface area (Å²) < 4.78 is 1.80. The molecule has 27 heavy (non-hydrogen) atoms. The van der Waals surface area contributed by atoms with Crippen LogP contribution in [-0.4, -0.2) is 15.7 Å². The van der Waals surface area contributed by atoms with E-state index in [-0.39, 0.29) is 5.91 Å². The first-order valence-corrected chi connectivity index (χ1v) is 9.67. The standard InChI is InChI=1S/C21H16ClN3OS/c22-17-9-4-5-10-18(17)23-21(26)16-14-25(13-15-7-2-1-3-8-15)24-20(16)19-11-6-12-27-19/h1-12,14H,13H2,(H,23,26). The van der Waals surface area contributed by atoms with Crippen LogP contribution in [0.2, 0.25) is 5.02 Å². The second kappa shape index (κ2) is 7.78. The minimum absolute atomic E-state index is 0.231. The predicted molar refractivity (Wildman–Crippen MR) is 110 cm³/mol. The molecule has 2 heterocycles. The summed E-state index contributed by atoms with van der Waals surface area (Å²) in [5.74, 6) is -0.231. The Morgan fingerprint density at radius 3 is 2.56 bits per heavy atom. The van der Waals surface area contributed by atoms with Gasteiger partial charge in [0.1, 0.15) is 5.69 Å². The van der Waals surface area contributed by atoms with Gasteiger partial charge in [0, 0.05) is 6.20 Å². The first kappa shape index (κ1) is 17.5. The molecular formula is C21H16ClN3OS. The smallest absolute Gasteiger partial charge is 0.259 e. The van der Waals surface area contributed by atoms with Gasteiger partial charge in [-0.2, -0.15) is 5.10 Å². The van der Waals surface area contributed by atoms with Gasteiger partial charge in [0.05, 0.1) is 27.7 Å². The minimum atomic E-state index is -0.231. The van der Waals surface area contributed by atoms with E-state index in [0.717, 1.165) is 10.4 Å². The molecular weight excluding hydrogens is 378 g/mol. The molecule has 6 heteroatoms. The number of amides is 1. The zero-order valence-electron chi connectivity index (χ0n) is 14.3. The van der Waals surface area contributed by atoms with Crippen molar-refractivity contribution in [3.8, 4) is 10.6 Å². The number of hydrogen-bond acceptors (Lipinski definition) is 3. The van der Waals surface area contributed by atoms with Crippen LogP contribution in [0.25, 0.3) is 10.6 Å². The molecule has 134 valence electrons. The van der Waals surface area contributed by atoms with Crippen molar-refractivity contribution >= 4 is 34.5 Å². The van der Waals surface area contributed by atoms with Gasteiger partial charge in [0.25, 0.3) is 5.91 Å². The number of thiophene rings is 1. The summed E-state index contributed by atoms with van der Waals surface area (Å²) in [5, 5.41) is 10.0. The van der Waals surface area contributed by atoms with Crippen LogP contribution < -0.4 is 5.32 Å². The van der Waals surface area contributed by atoms with Crippen LogP contribution in [0, 0.1) is 0 Å². The molecule has 0 unspecified atom stereocenters. The summed E-state index contributed by atoms with van der Waals surface area (Å²) in [5.41, 5.74) is 2.90. The zero-order chi connectivity index (χ0) is 18.6. The van der Waals surface area contributed by atoms with E-state index >= 15 is 0 Å². The molecule has 0 saturated heterocycles. The highest BCUT2D eigenvalue weighted by molar-refractivity contribution is 7.13. The quantitative estimate of drug-likeness (QED) is 0.482. The summed E-state index contributed by atoms with van der Waals surface area (Å²) in [7, 11) is 0. The summed E-state index contributed by atoms with van der Waals surface area (Å²) >= 11 is 7.73. The van der Waals surface area contributed by atoms with Gasteiger partial charge >= 0.3 is 0 Å². The molecule has 4 rings (SSSR count). The Morgan fingerprint density at radius 2 is 1.81 bits per heavy atom. The molecule has 0 bridgehead atoms. The maximum absolute atomic E-state index is 12.9. The lowest BCUT2D eigenvalue weighted by molar-refractivity contribution is 0.102. The molecule has 0 spiro atoms. The van der Waals surface area contributed by atoms with Crippen molar-refractivity contribution in [1.29, 1.82) is 0 Å². The van der Waals surface area contributed by atoms with E-state index in [1.165, 1.54) is 0 Å². The minimum Gasteiger partial charge on any atom is -0.321 e. The molecule has 0 aliphatic heterocycles. The summed E-state index contributed by atoms with van der Waals surface area (Å²) in [4.78, 5) is 13.9. The Bertz CT molecular complexity index is 1060. The van der Waals surface area contributed by atoms with Gasteiger partial charge in [-0.1, -0.05) is 60.1 Å². The Hall–Kier alpha value is -2.89. The zero-order valence-corrected chi connectivity index (χ0v) is 15.9. The Kier molecular flexibility index (Phi) is 5.05. The lowest BCUT2D eigenvalue weighted by Gasteiger charge is -2.06. The van der Waals surface area contributed by atoms with E-state index in [4.69, 9.17) is 11.6 Å². The molecule has 1 amide bonds. The number of halogens is 1. The number of nitrogens with zero attached hydrogens (tertiary/aromatic N) is 2. The molecule has 0 saturated carbocycles. The number of para-hydroxylation sites is 1. The van der Waals surface area contributed by atoms with Crippen LogP contribution in [-0.2, 0) is 6.54 Å². The second-order valence-corrected chi connectivity index (χ2v) is 7.34. The van der Waals surface area contributed by atoms with E-state index in [1.807, 2.05) is 60.0 Å². The average Bonchev–Trinajstić information content (AvgIpc) is 3.34. The third kappa shape index (κ3) is 3.94. The highest BCUT2D eigenvalue weighted by Crippen LogP contribution is 2.28. The number of aromatic nitrogens is 2. The molecule has 4 nitrogen and oxygen atoms in total. The average molecular weight is 394 g/mol. The van der Waals surface area contributed by atoms with E-state index in [9.17, 15) is 4.79 Å². The number of rotatable bonds is 5. The molecule has 0 aliphatic rings.